The van der Waals surface area contributed by atoms with Gasteiger partial charge in [0.25, 0.3) is 0 Å². The lowest BCUT2D eigenvalue weighted by molar-refractivity contribution is 0.238. The number of aryl methyl sites for hydroxylation is 2. The SMILES string of the molecule is Cc1cc(C)c(CN2CCc3cnc(-c4ccccn4)nc3C2)[nH]1. The number of rotatable bonds is 3. The fourth-order valence-electron chi connectivity index (χ4n) is 3.28. The van der Waals surface area contributed by atoms with Crippen molar-refractivity contribution in [1.29, 1.82) is 0 Å². The molecule has 3 aromatic heterocycles. The highest BCUT2D eigenvalue weighted by Gasteiger charge is 2.20. The first kappa shape index (κ1) is 15.0. The summed E-state index contributed by atoms with van der Waals surface area (Å²) in [4.78, 5) is 19.5. The monoisotopic (exact) mass is 319 g/mol. The molecule has 0 saturated heterocycles. The number of nitrogens with one attached hydrogen (secondary N) is 1. The van der Waals surface area contributed by atoms with Crippen LogP contribution in [0, 0.1) is 13.8 Å². The summed E-state index contributed by atoms with van der Waals surface area (Å²) in [6.07, 6.45) is 4.74. The van der Waals surface area contributed by atoms with E-state index in [0.717, 1.165) is 37.4 Å². The molecule has 0 spiro atoms. The second-order valence-corrected chi connectivity index (χ2v) is 6.46. The Hall–Kier alpha value is -2.53. The fourth-order valence-corrected chi connectivity index (χ4v) is 3.28. The van der Waals surface area contributed by atoms with Gasteiger partial charge in [0.05, 0.1) is 5.69 Å². The third-order valence-electron chi connectivity index (χ3n) is 4.56. The van der Waals surface area contributed by atoms with Gasteiger partial charge in [0.1, 0.15) is 5.69 Å². The number of hydrogen-bond donors (Lipinski definition) is 1. The molecule has 0 atom stereocenters. The number of fused-ring (bicyclic) bond motifs is 1. The lowest BCUT2D eigenvalue weighted by atomic mass is 10.1. The van der Waals surface area contributed by atoms with Gasteiger partial charge in [-0.15, -0.1) is 0 Å². The average molecular weight is 319 g/mol. The molecule has 4 heterocycles. The van der Waals surface area contributed by atoms with Crippen LogP contribution in [0.1, 0.15) is 28.2 Å². The maximum Gasteiger partial charge on any atom is 0.178 e. The minimum atomic E-state index is 0.711. The van der Waals surface area contributed by atoms with Crippen LogP contribution < -0.4 is 0 Å². The number of H-pyrrole nitrogens is 1. The van der Waals surface area contributed by atoms with Crippen LogP contribution in [-0.4, -0.2) is 31.4 Å². The highest BCUT2D eigenvalue weighted by Crippen LogP contribution is 2.22. The normalized spacial score (nSPS) is 14.6. The van der Waals surface area contributed by atoms with Gasteiger partial charge in [0, 0.05) is 43.4 Å². The van der Waals surface area contributed by atoms with Crippen LogP contribution >= 0.6 is 0 Å². The van der Waals surface area contributed by atoms with Crippen LogP contribution in [0.25, 0.3) is 11.5 Å². The standard InChI is InChI=1S/C19H21N5/c1-13-9-14(2)22-17(13)11-24-8-6-15-10-21-19(23-18(15)12-24)16-5-3-4-7-20-16/h3-5,7,9-10,22H,6,8,11-12H2,1-2H3. The molecule has 0 fully saturated rings. The van der Waals surface area contributed by atoms with Crippen molar-refractivity contribution in [1.82, 2.24) is 24.8 Å². The Labute approximate surface area is 141 Å². The van der Waals surface area contributed by atoms with Crippen LogP contribution in [-0.2, 0) is 19.5 Å². The molecular formula is C19H21N5. The third-order valence-corrected chi connectivity index (χ3v) is 4.56. The van der Waals surface area contributed by atoms with Gasteiger partial charge in [0.15, 0.2) is 5.82 Å². The summed E-state index contributed by atoms with van der Waals surface area (Å²) in [6.45, 7) is 7.10. The van der Waals surface area contributed by atoms with Crippen LogP contribution in [0.2, 0.25) is 0 Å². The van der Waals surface area contributed by atoms with Gasteiger partial charge in [-0.05, 0) is 49.6 Å². The average Bonchev–Trinajstić information content (AvgIpc) is 2.92. The molecule has 122 valence electrons. The molecule has 1 N–H and O–H groups in total. The lowest BCUT2D eigenvalue weighted by Crippen LogP contribution is -2.31. The van der Waals surface area contributed by atoms with Crippen molar-refractivity contribution < 1.29 is 0 Å². The Morgan fingerprint density at radius 1 is 1.21 bits per heavy atom. The van der Waals surface area contributed by atoms with Crippen LogP contribution in [0.15, 0.2) is 36.7 Å². The molecule has 0 aromatic carbocycles. The van der Waals surface area contributed by atoms with E-state index in [4.69, 9.17) is 4.98 Å². The zero-order valence-corrected chi connectivity index (χ0v) is 14.1. The summed E-state index contributed by atoms with van der Waals surface area (Å²) in [5.74, 6) is 0.711. The van der Waals surface area contributed by atoms with E-state index < -0.39 is 0 Å². The van der Waals surface area contributed by atoms with Crippen LogP contribution in [0.3, 0.4) is 0 Å². The maximum absolute atomic E-state index is 4.78. The highest BCUT2D eigenvalue weighted by molar-refractivity contribution is 5.49. The molecule has 0 radical (unpaired) electrons. The summed E-state index contributed by atoms with van der Waals surface area (Å²) < 4.78 is 0. The molecule has 0 amide bonds. The van der Waals surface area contributed by atoms with E-state index >= 15 is 0 Å². The second kappa shape index (κ2) is 6.17. The largest absolute Gasteiger partial charge is 0.361 e. The van der Waals surface area contributed by atoms with E-state index in [1.54, 1.807) is 6.20 Å². The molecule has 1 aliphatic rings. The maximum atomic E-state index is 4.78. The molecule has 5 heteroatoms. The van der Waals surface area contributed by atoms with Crippen molar-refractivity contribution in [3.63, 3.8) is 0 Å². The van der Waals surface area contributed by atoms with Crippen molar-refractivity contribution in [2.75, 3.05) is 6.54 Å². The first-order valence-corrected chi connectivity index (χ1v) is 8.32. The van der Waals surface area contributed by atoms with E-state index in [1.807, 2.05) is 24.4 Å². The number of aromatic nitrogens is 4. The van der Waals surface area contributed by atoms with Crippen molar-refractivity contribution in [3.8, 4) is 11.5 Å². The first-order valence-electron chi connectivity index (χ1n) is 8.32. The number of pyridine rings is 1. The topological polar surface area (TPSA) is 57.7 Å². The third kappa shape index (κ3) is 2.95. The van der Waals surface area contributed by atoms with Crippen molar-refractivity contribution in [2.24, 2.45) is 0 Å². The van der Waals surface area contributed by atoms with Gasteiger partial charge < -0.3 is 4.98 Å². The molecule has 3 aromatic rings. The highest BCUT2D eigenvalue weighted by atomic mass is 15.1. The number of hydrogen-bond acceptors (Lipinski definition) is 4. The minimum absolute atomic E-state index is 0.711. The predicted molar refractivity (Wildman–Crippen MR) is 93.3 cm³/mol. The smallest absolute Gasteiger partial charge is 0.178 e. The molecule has 1 aliphatic heterocycles. The molecule has 0 unspecified atom stereocenters. The van der Waals surface area contributed by atoms with Gasteiger partial charge in [0.2, 0.25) is 0 Å². The quantitative estimate of drug-likeness (QED) is 0.806. The van der Waals surface area contributed by atoms with E-state index in [2.05, 4.69) is 39.8 Å². The summed E-state index contributed by atoms with van der Waals surface area (Å²) >= 11 is 0. The second-order valence-electron chi connectivity index (χ2n) is 6.46. The van der Waals surface area contributed by atoms with E-state index in [0.29, 0.717) is 5.82 Å². The minimum Gasteiger partial charge on any atom is -0.361 e. The van der Waals surface area contributed by atoms with Gasteiger partial charge in [-0.25, -0.2) is 9.97 Å². The number of aromatic amines is 1. The Morgan fingerprint density at radius 3 is 2.88 bits per heavy atom. The Morgan fingerprint density at radius 2 is 2.12 bits per heavy atom. The fraction of sp³-hybridized carbons (Fsp3) is 0.316. The summed E-state index contributed by atoms with van der Waals surface area (Å²) in [5, 5.41) is 0. The van der Waals surface area contributed by atoms with E-state index in [1.165, 1.54) is 22.5 Å². The van der Waals surface area contributed by atoms with E-state index in [9.17, 15) is 0 Å². The molecule has 0 bridgehead atoms. The van der Waals surface area contributed by atoms with Gasteiger partial charge >= 0.3 is 0 Å². The predicted octanol–water partition coefficient (Wildman–Crippen LogP) is 3.04. The molecule has 0 aliphatic carbocycles. The summed E-state index contributed by atoms with van der Waals surface area (Å²) in [6, 6.07) is 8.03. The molecule has 4 rings (SSSR count). The molecular weight excluding hydrogens is 298 g/mol. The van der Waals surface area contributed by atoms with Gasteiger partial charge in [-0.1, -0.05) is 6.07 Å². The lowest BCUT2D eigenvalue weighted by Gasteiger charge is -2.27. The summed E-state index contributed by atoms with van der Waals surface area (Å²) in [7, 11) is 0. The summed E-state index contributed by atoms with van der Waals surface area (Å²) in [5.41, 5.74) is 7.06. The Balaban J connectivity index is 1.56. The van der Waals surface area contributed by atoms with Crippen LogP contribution in [0.5, 0.6) is 0 Å². The molecule has 5 nitrogen and oxygen atoms in total. The molecule has 24 heavy (non-hydrogen) atoms. The Kier molecular flexibility index (Phi) is 3.86. The van der Waals surface area contributed by atoms with Crippen molar-refractivity contribution in [3.05, 3.63) is 64.9 Å². The number of nitrogens with zero attached hydrogens (tertiary/aromatic N) is 4. The van der Waals surface area contributed by atoms with Crippen LogP contribution in [0.4, 0.5) is 0 Å². The molecule has 0 saturated carbocycles. The zero-order chi connectivity index (χ0) is 16.5. The van der Waals surface area contributed by atoms with E-state index in [-0.39, 0.29) is 0 Å². The van der Waals surface area contributed by atoms with Crippen molar-refractivity contribution in [2.45, 2.75) is 33.4 Å². The Bertz CT molecular complexity index is 853. The van der Waals surface area contributed by atoms with Gasteiger partial charge in [-0.2, -0.15) is 0 Å². The zero-order valence-electron chi connectivity index (χ0n) is 14.1. The van der Waals surface area contributed by atoms with Crippen molar-refractivity contribution >= 4 is 0 Å². The van der Waals surface area contributed by atoms with Gasteiger partial charge in [-0.3, -0.25) is 9.88 Å². The first-order chi connectivity index (χ1) is 11.7.